The number of allylic oxidation sites excluding steroid dienone is 1. The zero-order valence-electron chi connectivity index (χ0n) is 55.8. The summed E-state index contributed by atoms with van der Waals surface area (Å²) in [5.41, 5.74) is 4.22. The Kier molecular flexibility index (Phi) is 25.5. The summed E-state index contributed by atoms with van der Waals surface area (Å²) in [6.45, 7) is 3.10. The van der Waals surface area contributed by atoms with E-state index >= 15 is 4.79 Å². The molecule has 7 aromatic rings. The Hall–Kier alpha value is -8.65. The predicted octanol–water partition coefficient (Wildman–Crippen LogP) is 12.5. The van der Waals surface area contributed by atoms with Crippen LogP contribution in [-0.2, 0) is 75.3 Å². The number of hydrogen-bond donors (Lipinski definition) is 2. The molecule has 2 saturated heterocycles. The molecule has 3 unspecified atom stereocenters. The van der Waals surface area contributed by atoms with Crippen LogP contribution in [0.25, 0.3) is 0 Å². The number of likely N-dealkylation sites (tertiary alicyclic amines) is 1. The van der Waals surface area contributed by atoms with Gasteiger partial charge in [-0.2, -0.15) is 0 Å². The molecule has 0 saturated carbocycles. The van der Waals surface area contributed by atoms with Crippen LogP contribution in [0.15, 0.2) is 226 Å². The summed E-state index contributed by atoms with van der Waals surface area (Å²) in [4.78, 5) is 73.1. The van der Waals surface area contributed by atoms with Crippen molar-refractivity contribution in [1.82, 2.24) is 15.5 Å². The van der Waals surface area contributed by atoms with Gasteiger partial charge in [-0.05, 0) is 63.2 Å². The molecule has 4 heterocycles. The highest BCUT2D eigenvalue weighted by Gasteiger charge is 2.54. The third kappa shape index (κ3) is 17.5. The lowest BCUT2D eigenvalue weighted by Gasteiger charge is -2.49. The average molecular weight is 1440 g/mol. The van der Waals surface area contributed by atoms with Crippen molar-refractivity contribution in [2.75, 3.05) is 93.8 Å². The lowest BCUT2D eigenvalue weighted by molar-refractivity contribution is -0.891. The van der Waals surface area contributed by atoms with Gasteiger partial charge in [0.05, 0.1) is 76.7 Å². The SMILES string of the molecule is COCCOCOc1c(Cl)cc(C(ON=S2C=C(CC(=O)N[C@H]3C(=O)N4C(C(=O)OCc5ccc(OC)cc5)=C(C=CC[N+]5(C)CCCC5)CSC34)NC2=NC(c2ccccc2)(c2ccccc2)c2ccccc2)C(=O)OC(c2ccccc2)c2ccccc2)c(Cl)c1OCOCCOC. The molecule has 0 aromatic heterocycles. The highest BCUT2D eigenvalue weighted by molar-refractivity contribution is 8.05. The van der Waals surface area contributed by atoms with E-state index in [1.165, 1.54) is 29.8 Å². The summed E-state index contributed by atoms with van der Waals surface area (Å²) in [5.74, 6) is -1.69. The zero-order valence-corrected chi connectivity index (χ0v) is 59.0. The second kappa shape index (κ2) is 35.1. The van der Waals surface area contributed by atoms with Gasteiger partial charge in [-0.25, -0.2) is 19.4 Å². The second-order valence-electron chi connectivity index (χ2n) is 24.0. The summed E-state index contributed by atoms with van der Waals surface area (Å²) >= 11 is 16.1. The van der Waals surface area contributed by atoms with Crippen LogP contribution < -0.4 is 24.8 Å². The number of nitrogens with zero attached hydrogens (tertiary/aromatic N) is 4. The summed E-state index contributed by atoms with van der Waals surface area (Å²) < 4.78 is 57.6. The van der Waals surface area contributed by atoms with E-state index in [-0.39, 0.29) is 91.0 Å². The molecule has 100 heavy (non-hydrogen) atoms. The number of benzene rings is 7. The van der Waals surface area contributed by atoms with E-state index in [0.29, 0.717) is 33.9 Å². The number of hydrogen-bond acceptors (Lipinski definition) is 17. The number of esters is 2. The van der Waals surface area contributed by atoms with Gasteiger partial charge in [-0.3, -0.25) is 14.5 Å². The Morgan fingerprint density at radius 1 is 0.750 bits per heavy atom. The van der Waals surface area contributed by atoms with Crippen molar-refractivity contribution < 1.29 is 71.1 Å². The number of amidine groups is 1. The van der Waals surface area contributed by atoms with Crippen molar-refractivity contribution in [3.8, 4) is 17.2 Å². The molecule has 7 aromatic carbocycles. The van der Waals surface area contributed by atoms with Crippen LogP contribution in [0.4, 0.5) is 0 Å². The van der Waals surface area contributed by atoms with Crippen molar-refractivity contribution in [2.45, 2.75) is 55.0 Å². The van der Waals surface area contributed by atoms with Crippen LogP contribution in [0, 0.1) is 0 Å². The Morgan fingerprint density at radius 2 is 1.31 bits per heavy atom. The highest BCUT2D eigenvalue weighted by Crippen LogP contribution is 2.48. The fourth-order valence-corrected chi connectivity index (χ4v) is 15.2. The molecule has 2 N–H and O–H groups in total. The average Bonchev–Trinajstić information content (AvgIpc) is 1.09. The van der Waals surface area contributed by atoms with Gasteiger partial charge in [0.25, 0.3) is 5.91 Å². The summed E-state index contributed by atoms with van der Waals surface area (Å²) in [7, 11) is 5.27. The van der Waals surface area contributed by atoms with Gasteiger partial charge in [-0.15, -0.1) is 11.8 Å². The van der Waals surface area contributed by atoms with Gasteiger partial charge in [0.15, 0.2) is 36.4 Å². The highest BCUT2D eigenvalue weighted by atomic mass is 35.5. The number of nitrogens with one attached hydrogen (secondary N) is 2. The van der Waals surface area contributed by atoms with Crippen LogP contribution in [0.5, 0.6) is 17.2 Å². The minimum absolute atomic E-state index is 0.0286. The number of ether oxygens (including phenoxy) is 9. The number of β-lactam (4-membered cyclic amide) rings is 1. The van der Waals surface area contributed by atoms with Crippen molar-refractivity contribution >= 4 is 74.6 Å². The molecule has 0 radical (unpaired) electrons. The molecule has 20 nitrogen and oxygen atoms in total. The number of carbonyl (C=O) groups excluding carboxylic acids is 4. The van der Waals surface area contributed by atoms with Crippen molar-refractivity contribution in [3.63, 3.8) is 0 Å². The maximum Gasteiger partial charge on any atom is 0.355 e. The van der Waals surface area contributed by atoms with E-state index in [0.717, 1.165) is 59.2 Å². The fourth-order valence-electron chi connectivity index (χ4n) is 12.1. The lowest BCUT2D eigenvalue weighted by Crippen LogP contribution is -2.70. The second-order valence-corrected chi connectivity index (χ2v) is 27.3. The minimum Gasteiger partial charge on any atom is -0.497 e. The maximum absolute atomic E-state index is 15.6. The normalized spacial score (nSPS) is 17.9. The number of likely N-dealkylation sites (N-methyl/N-ethyl adjacent to an activating group) is 1. The smallest absolute Gasteiger partial charge is 0.355 e. The molecule has 0 bridgehead atoms. The molecule has 2 amide bonds. The van der Waals surface area contributed by atoms with Crippen molar-refractivity contribution in [1.29, 1.82) is 0 Å². The number of halogens is 2. The van der Waals surface area contributed by atoms with E-state index in [2.05, 4.69) is 23.8 Å². The summed E-state index contributed by atoms with van der Waals surface area (Å²) in [6.07, 6.45) is 3.23. The number of quaternary nitrogens is 1. The molecule has 4 aliphatic heterocycles. The van der Waals surface area contributed by atoms with Crippen LogP contribution >= 0.6 is 35.0 Å². The van der Waals surface area contributed by atoms with E-state index in [1.54, 1.807) is 31.8 Å². The molecule has 24 heteroatoms. The molecular weight excluding hydrogens is 1360 g/mol. The van der Waals surface area contributed by atoms with Gasteiger partial charge in [0.2, 0.25) is 12.0 Å². The first kappa shape index (κ1) is 72.6. The Balaban J connectivity index is 0.970. The number of rotatable bonds is 33. The van der Waals surface area contributed by atoms with Crippen LogP contribution in [-0.4, -0.2) is 143 Å². The topological polar surface area (TPSA) is 213 Å². The van der Waals surface area contributed by atoms with E-state index < -0.39 is 63.6 Å². The van der Waals surface area contributed by atoms with Crippen molar-refractivity contribution in [2.24, 2.45) is 9.52 Å². The third-order valence-corrected chi connectivity index (χ3v) is 20.5. The summed E-state index contributed by atoms with van der Waals surface area (Å²) in [5, 5.41) is 7.52. The maximum atomic E-state index is 15.6. The van der Waals surface area contributed by atoms with Gasteiger partial charge in [0.1, 0.15) is 35.0 Å². The number of aliphatic imine (C=N–C) groups is 1. The van der Waals surface area contributed by atoms with Crippen LogP contribution in [0.2, 0.25) is 10.0 Å². The molecule has 2 fully saturated rings. The molecule has 4 atom stereocenters. The Labute approximate surface area is 598 Å². The van der Waals surface area contributed by atoms with Gasteiger partial charge >= 0.3 is 11.9 Å². The molecular formula is C76H79Cl2N6O14S2+. The van der Waals surface area contributed by atoms with Gasteiger partial charge in [0, 0.05) is 60.2 Å². The first-order valence-corrected chi connectivity index (χ1v) is 35.7. The van der Waals surface area contributed by atoms with E-state index in [9.17, 15) is 14.4 Å². The number of amides is 2. The van der Waals surface area contributed by atoms with Gasteiger partial charge < -0.3 is 57.7 Å². The standard InChI is InChI=1S/C76H78Cl2N6O14S2/c1-84(38-20-21-39-84)40-22-27-55-48-99-72-65(71(86)83(72)66(55)73(87)94-47-52-34-36-60(91-4)37-35-52)80-63(85)45-59-49-100(75(79-59)81-76(56-28-14-7-15-29-56,57-30-16-8-17-31-57)58-32-18-9-19-33-58)82-98-68(74(88)97-67(53-23-10-5-11-24-53)54-25-12-6-13-26-54)61-46-62(77)69(95-50-92-43-41-89-2)70(64(61)78)96-51-93-44-42-90-3/h5-19,22-37,46,49,65,67-68,72H,20-21,38-45,47-48,50-51H2,1-4H3,(H-,79,80,81,85)/p+1/t65-,68?,72?,100?/m0/s1. The first-order chi connectivity index (χ1) is 48.8. The molecule has 11 rings (SSSR count). The quantitative estimate of drug-likeness (QED) is 0.00744. The van der Waals surface area contributed by atoms with Crippen LogP contribution in [0.3, 0.4) is 0 Å². The third-order valence-electron chi connectivity index (χ3n) is 17.2. The molecule has 0 spiro atoms. The predicted molar refractivity (Wildman–Crippen MR) is 384 cm³/mol. The molecule has 0 aliphatic carbocycles. The minimum atomic E-state index is -1.80. The van der Waals surface area contributed by atoms with E-state index in [1.807, 2.05) is 170 Å². The monoisotopic (exact) mass is 1430 g/mol. The lowest BCUT2D eigenvalue weighted by atomic mass is 9.77. The molecule has 4 aliphatic rings. The van der Waals surface area contributed by atoms with E-state index in [4.69, 9.17) is 80.2 Å². The molecule has 522 valence electrons. The Morgan fingerprint density at radius 3 is 1.87 bits per heavy atom. The Bertz CT molecular complexity index is 3980. The first-order valence-electron chi connectivity index (χ1n) is 32.6. The summed E-state index contributed by atoms with van der Waals surface area (Å²) in [6, 6.07) is 55.3. The van der Waals surface area contributed by atoms with Crippen LogP contribution in [0.1, 0.15) is 70.4 Å². The van der Waals surface area contributed by atoms with Gasteiger partial charge in [-0.1, -0.05) is 198 Å². The zero-order chi connectivity index (χ0) is 69.9. The number of methoxy groups -OCH3 is 3. The fraction of sp³-hybridized carbons (Fsp3) is 0.303. The number of fused-ring (bicyclic) bond motifs is 1. The van der Waals surface area contributed by atoms with Crippen molar-refractivity contribution in [3.05, 3.63) is 266 Å². The number of thioether (sulfide) groups is 1. The number of carbonyl (C=O) groups is 4. The largest absolute Gasteiger partial charge is 0.497 e.